The summed E-state index contributed by atoms with van der Waals surface area (Å²) in [6, 6.07) is 7.18. The molecule has 0 spiro atoms. The summed E-state index contributed by atoms with van der Waals surface area (Å²) in [6.45, 7) is 4.35. The number of hydrogen-bond donors (Lipinski definition) is 1. The van der Waals surface area contributed by atoms with Crippen molar-refractivity contribution in [2.45, 2.75) is 20.0 Å². The van der Waals surface area contributed by atoms with Gasteiger partial charge in [-0.25, -0.2) is 4.98 Å². The molecule has 128 valence electrons. The predicted octanol–water partition coefficient (Wildman–Crippen LogP) is 3.10. The number of thiazole rings is 1. The molecular formula is C17H20ClN3O2S. The van der Waals surface area contributed by atoms with Crippen LogP contribution < -0.4 is 10.5 Å². The van der Waals surface area contributed by atoms with E-state index in [1.165, 1.54) is 11.3 Å². The maximum atomic E-state index is 12.7. The first-order chi connectivity index (χ1) is 11.6. The Labute approximate surface area is 150 Å². The highest BCUT2D eigenvalue weighted by Crippen LogP contribution is 2.25. The van der Waals surface area contributed by atoms with Crippen molar-refractivity contribution in [3.63, 3.8) is 0 Å². The monoisotopic (exact) mass is 365 g/mol. The molecule has 0 saturated carbocycles. The third-order valence-electron chi connectivity index (χ3n) is 4.12. The number of hydrogen-bond acceptors (Lipinski definition) is 5. The van der Waals surface area contributed by atoms with Crippen LogP contribution >= 0.6 is 22.9 Å². The average molecular weight is 366 g/mol. The predicted molar refractivity (Wildman–Crippen MR) is 95.7 cm³/mol. The Bertz CT molecular complexity index is 717. The molecular weight excluding hydrogens is 346 g/mol. The Kier molecular flexibility index (Phi) is 5.38. The molecule has 1 amide bonds. The van der Waals surface area contributed by atoms with Gasteiger partial charge in [0, 0.05) is 18.1 Å². The number of amides is 1. The fourth-order valence-electron chi connectivity index (χ4n) is 2.74. The highest BCUT2D eigenvalue weighted by atomic mass is 35.5. The summed E-state index contributed by atoms with van der Waals surface area (Å²) in [7, 11) is 0. The smallest absolute Gasteiger partial charge is 0.265 e. The van der Waals surface area contributed by atoms with Crippen LogP contribution in [0.5, 0.6) is 5.75 Å². The van der Waals surface area contributed by atoms with E-state index in [2.05, 4.69) is 4.98 Å². The van der Waals surface area contributed by atoms with Gasteiger partial charge in [0.2, 0.25) is 0 Å². The molecule has 24 heavy (non-hydrogen) atoms. The van der Waals surface area contributed by atoms with E-state index < -0.39 is 0 Å². The maximum absolute atomic E-state index is 12.7. The van der Waals surface area contributed by atoms with E-state index in [9.17, 15) is 4.79 Å². The van der Waals surface area contributed by atoms with Crippen molar-refractivity contribution in [2.24, 2.45) is 11.7 Å². The largest absolute Gasteiger partial charge is 0.486 e. The number of ether oxygens (including phenoxy) is 1. The minimum absolute atomic E-state index is 0.0543. The van der Waals surface area contributed by atoms with Crippen LogP contribution in [0.2, 0.25) is 5.02 Å². The van der Waals surface area contributed by atoms with E-state index in [0.29, 0.717) is 29.0 Å². The summed E-state index contributed by atoms with van der Waals surface area (Å²) in [4.78, 5) is 19.7. The van der Waals surface area contributed by atoms with Gasteiger partial charge in [-0.2, -0.15) is 0 Å². The number of carbonyl (C=O) groups excluding carboxylic acids is 1. The SMILES string of the molecule is Cc1nc(COc2ccc(Cl)cc2)sc1C(=O)N1CCC(CN)C1. The zero-order valence-electron chi connectivity index (χ0n) is 13.5. The zero-order valence-corrected chi connectivity index (χ0v) is 15.1. The van der Waals surface area contributed by atoms with Crippen LogP contribution in [-0.4, -0.2) is 35.4 Å². The molecule has 2 heterocycles. The number of rotatable bonds is 5. The average Bonchev–Trinajstić information content (AvgIpc) is 3.20. The second-order valence-electron chi connectivity index (χ2n) is 5.91. The standard InChI is InChI=1S/C17H20ClN3O2S/c1-11-16(17(22)21-7-6-12(8-19)9-21)24-15(20-11)10-23-14-4-2-13(18)3-5-14/h2-5,12H,6-10,19H2,1H3. The second kappa shape index (κ2) is 7.51. The number of carbonyl (C=O) groups is 1. The van der Waals surface area contributed by atoms with E-state index in [4.69, 9.17) is 22.1 Å². The topological polar surface area (TPSA) is 68.5 Å². The number of halogens is 1. The summed E-state index contributed by atoms with van der Waals surface area (Å²) >= 11 is 7.26. The highest BCUT2D eigenvalue weighted by Gasteiger charge is 2.28. The number of benzene rings is 1. The van der Waals surface area contributed by atoms with Crippen LogP contribution in [0.15, 0.2) is 24.3 Å². The van der Waals surface area contributed by atoms with Crippen molar-refractivity contribution in [3.8, 4) is 5.75 Å². The fourth-order valence-corrected chi connectivity index (χ4v) is 3.81. The lowest BCUT2D eigenvalue weighted by Gasteiger charge is -2.15. The molecule has 1 aliphatic heterocycles. The normalized spacial score (nSPS) is 17.3. The minimum atomic E-state index is 0.0543. The molecule has 1 aromatic carbocycles. The van der Waals surface area contributed by atoms with Crippen molar-refractivity contribution in [1.82, 2.24) is 9.88 Å². The number of aryl methyl sites for hydroxylation is 1. The number of likely N-dealkylation sites (tertiary alicyclic amines) is 1. The highest BCUT2D eigenvalue weighted by molar-refractivity contribution is 7.13. The Morgan fingerprint density at radius 2 is 2.21 bits per heavy atom. The lowest BCUT2D eigenvalue weighted by molar-refractivity contribution is 0.0791. The molecule has 2 N–H and O–H groups in total. The van der Waals surface area contributed by atoms with Crippen molar-refractivity contribution in [2.75, 3.05) is 19.6 Å². The van der Waals surface area contributed by atoms with Gasteiger partial charge < -0.3 is 15.4 Å². The van der Waals surface area contributed by atoms with E-state index in [1.54, 1.807) is 12.1 Å². The van der Waals surface area contributed by atoms with Crippen LogP contribution in [-0.2, 0) is 6.61 Å². The van der Waals surface area contributed by atoms with E-state index in [1.807, 2.05) is 24.0 Å². The van der Waals surface area contributed by atoms with Crippen molar-refractivity contribution >= 4 is 28.8 Å². The molecule has 0 radical (unpaired) electrons. The molecule has 3 rings (SSSR count). The van der Waals surface area contributed by atoms with Gasteiger partial charge in [0.05, 0.1) is 5.69 Å². The molecule has 2 aromatic rings. The lowest BCUT2D eigenvalue weighted by atomic mass is 10.1. The molecule has 1 atom stereocenters. The first-order valence-corrected chi connectivity index (χ1v) is 9.10. The quantitative estimate of drug-likeness (QED) is 0.883. The van der Waals surface area contributed by atoms with Gasteiger partial charge in [-0.3, -0.25) is 4.79 Å². The molecule has 1 aromatic heterocycles. The summed E-state index contributed by atoms with van der Waals surface area (Å²) in [5.41, 5.74) is 6.46. The van der Waals surface area contributed by atoms with Gasteiger partial charge in [-0.15, -0.1) is 11.3 Å². The van der Waals surface area contributed by atoms with Crippen LogP contribution in [0.25, 0.3) is 0 Å². The van der Waals surface area contributed by atoms with Crippen LogP contribution in [0, 0.1) is 12.8 Å². The molecule has 7 heteroatoms. The lowest BCUT2D eigenvalue weighted by Crippen LogP contribution is -2.29. The van der Waals surface area contributed by atoms with Crippen molar-refractivity contribution in [3.05, 3.63) is 44.9 Å². The van der Waals surface area contributed by atoms with E-state index in [-0.39, 0.29) is 5.91 Å². The number of nitrogens with two attached hydrogens (primary N) is 1. The minimum Gasteiger partial charge on any atom is -0.486 e. The van der Waals surface area contributed by atoms with Crippen LogP contribution in [0.1, 0.15) is 26.8 Å². The van der Waals surface area contributed by atoms with Gasteiger partial charge in [0.1, 0.15) is 22.2 Å². The molecule has 0 bridgehead atoms. The Morgan fingerprint density at radius 3 is 2.88 bits per heavy atom. The van der Waals surface area contributed by atoms with E-state index in [0.717, 1.165) is 36.0 Å². The second-order valence-corrected chi connectivity index (χ2v) is 7.43. The summed E-state index contributed by atoms with van der Waals surface area (Å²) < 4.78 is 5.70. The molecule has 1 saturated heterocycles. The third kappa shape index (κ3) is 3.88. The third-order valence-corrected chi connectivity index (χ3v) is 5.49. The number of nitrogens with zero attached hydrogens (tertiary/aromatic N) is 2. The van der Waals surface area contributed by atoms with Crippen LogP contribution in [0.4, 0.5) is 0 Å². The molecule has 0 aliphatic carbocycles. The van der Waals surface area contributed by atoms with Gasteiger partial charge in [-0.05, 0) is 50.1 Å². The van der Waals surface area contributed by atoms with Gasteiger partial charge >= 0.3 is 0 Å². The van der Waals surface area contributed by atoms with Gasteiger partial charge in [0.25, 0.3) is 5.91 Å². The first kappa shape index (κ1) is 17.2. The molecule has 1 unspecified atom stereocenters. The Morgan fingerprint density at radius 1 is 1.46 bits per heavy atom. The van der Waals surface area contributed by atoms with Crippen molar-refractivity contribution in [1.29, 1.82) is 0 Å². The summed E-state index contributed by atoms with van der Waals surface area (Å²) in [5, 5.41) is 1.46. The maximum Gasteiger partial charge on any atom is 0.265 e. The van der Waals surface area contributed by atoms with Crippen molar-refractivity contribution < 1.29 is 9.53 Å². The van der Waals surface area contributed by atoms with E-state index >= 15 is 0 Å². The fraction of sp³-hybridized carbons (Fsp3) is 0.412. The zero-order chi connectivity index (χ0) is 17.1. The molecule has 1 aliphatic rings. The summed E-state index contributed by atoms with van der Waals surface area (Å²) in [5.74, 6) is 1.19. The Hall–Kier alpha value is -1.63. The Balaban J connectivity index is 1.64. The van der Waals surface area contributed by atoms with Crippen LogP contribution in [0.3, 0.4) is 0 Å². The first-order valence-electron chi connectivity index (χ1n) is 7.91. The molecule has 5 nitrogen and oxygen atoms in total. The number of aromatic nitrogens is 1. The molecule has 1 fully saturated rings. The van der Waals surface area contributed by atoms with Gasteiger partial charge in [-0.1, -0.05) is 11.6 Å². The van der Waals surface area contributed by atoms with Gasteiger partial charge in [0.15, 0.2) is 0 Å². The summed E-state index contributed by atoms with van der Waals surface area (Å²) in [6.07, 6.45) is 0.979.